The molecule has 0 saturated heterocycles. The molecular weight excluding hydrogens is 258 g/mol. The highest BCUT2D eigenvalue weighted by molar-refractivity contribution is 5.93. The minimum atomic E-state index is -0.568. The predicted octanol–water partition coefficient (Wildman–Crippen LogP) is 2.01. The lowest BCUT2D eigenvalue weighted by atomic mass is 10.1. The van der Waals surface area contributed by atoms with Crippen molar-refractivity contribution < 1.29 is 19.1 Å². The van der Waals surface area contributed by atoms with Crippen LogP contribution in [0.25, 0.3) is 0 Å². The standard InChI is InChI=1S/C15H21NO4/c1-11(2)8-9-16-14(17)10-20-15(18)12-6-4-5-7-13(12)19-3/h4-7,11H,8-10H2,1-3H3,(H,16,17). The van der Waals surface area contributed by atoms with Gasteiger partial charge in [-0.1, -0.05) is 26.0 Å². The van der Waals surface area contributed by atoms with Crippen LogP contribution in [0.2, 0.25) is 0 Å². The molecule has 1 aromatic carbocycles. The molecule has 1 rings (SSSR count). The molecule has 1 amide bonds. The molecule has 5 heteroatoms. The van der Waals surface area contributed by atoms with Gasteiger partial charge >= 0.3 is 5.97 Å². The summed E-state index contributed by atoms with van der Waals surface area (Å²) >= 11 is 0. The van der Waals surface area contributed by atoms with Gasteiger partial charge in [0.05, 0.1) is 7.11 Å². The molecule has 0 atom stereocenters. The third-order valence-corrected chi connectivity index (χ3v) is 2.71. The molecule has 0 aliphatic rings. The summed E-state index contributed by atoms with van der Waals surface area (Å²) in [5.41, 5.74) is 0.310. The summed E-state index contributed by atoms with van der Waals surface area (Å²) in [5, 5.41) is 2.70. The van der Waals surface area contributed by atoms with E-state index in [0.717, 1.165) is 6.42 Å². The number of hydrogen-bond acceptors (Lipinski definition) is 4. The Morgan fingerprint density at radius 3 is 2.60 bits per heavy atom. The fourth-order valence-electron chi connectivity index (χ4n) is 1.57. The Morgan fingerprint density at radius 1 is 1.25 bits per heavy atom. The molecule has 1 aromatic rings. The molecule has 0 aliphatic carbocycles. The van der Waals surface area contributed by atoms with E-state index in [0.29, 0.717) is 23.8 Å². The molecule has 0 spiro atoms. The van der Waals surface area contributed by atoms with Crippen molar-refractivity contribution in [3.05, 3.63) is 29.8 Å². The van der Waals surface area contributed by atoms with E-state index >= 15 is 0 Å². The van der Waals surface area contributed by atoms with Crippen molar-refractivity contribution >= 4 is 11.9 Å². The molecule has 0 saturated carbocycles. The lowest BCUT2D eigenvalue weighted by molar-refractivity contribution is -0.124. The first-order valence-corrected chi connectivity index (χ1v) is 6.61. The third kappa shape index (κ3) is 5.30. The average molecular weight is 279 g/mol. The lowest BCUT2D eigenvalue weighted by Crippen LogP contribution is -2.30. The zero-order chi connectivity index (χ0) is 15.0. The Kier molecular flexibility index (Phi) is 6.56. The fourth-order valence-corrected chi connectivity index (χ4v) is 1.57. The summed E-state index contributed by atoms with van der Waals surface area (Å²) in [6.07, 6.45) is 0.895. The number of carbonyl (C=O) groups is 2. The maximum atomic E-state index is 11.8. The Hall–Kier alpha value is -2.04. The number of para-hydroxylation sites is 1. The van der Waals surface area contributed by atoms with Crippen molar-refractivity contribution in [1.29, 1.82) is 0 Å². The van der Waals surface area contributed by atoms with E-state index in [9.17, 15) is 9.59 Å². The molecule has 0 fully saturated rings. The van der Waals surface area contributed by atoms with Gasteiger partial charge < -0.3 is 14.8 Å². The number of methoxy groups -OCH3 is 1. The quantitative estimate of drug-likeness (QED) is 0.775. The van der Waals surface area contributed by atoms with Crippen LogP contribution in [0.3, 0.4) is 0 Å². The largest absolute Gasteiger partial charge is 0.496 e. The van der Waals surface area contributed by atoms with Gasteiger partial charge in [-0.05, 0) is 24.5 Å². The number of benzene rings is 1. The van der Waals surface area contributed by atoms with Gasteiger partial charge in [-0.3, -0.25) is 4.79 Å². The second kappa shape index (κ2) is 8.19. The highest BCUT2D eigenvalue weighted by atomic mass is 16.5. The highest BCUT2D eigenvalue weighted by Crippen LogP contribution is 2.17. The van der Waals surface area contributed by atoms with E-state index in [1.807, 2.05) is 0 Å². The smallest absolute Gasteiger partial charge is 0.342 e. The van der Waals surface area contributed by atoms with Crippen LogP contribution < -0.4 is 10.1 Å². The summed E-state index contributed by atoms with van der Waals surface area (Å²) in [6, 6.07) is 6.73. The number of nitrogens with one attached hydrogen (secondary N) is 1. The number of esters is 1. The molecule has 5 nitrogen and oxygen atoms in total. The van der Waals surface area contributed by atoms with Crippen molar-refractivity contribution in [2.45, 2.75) is 20.3 Å². The Morgan fingerprint density at radius 2 is 1.95 bits per heavy atom. The van der Waals surface area contributed by atoms with Gasteiger partial charge in [-0.25, -0.2) is 4.79 Å². The SMILES string of the molecule is COc1ccccc1C(=O)OCC(=O)NCCC(C)C. The molecule has 0 radical (unpaired) electrons. The second-order valence-electron chi connectivity index (χ2n) is 4.81. The van der Waals surface area contributed by atoms with Gasteiger partial charge in [-0.2, -0.15) is 0 Å². The van der Waals surface area contributed by atoms with E-state index in [1.165, 1.54) is 7.11 Å². The van der Waals surface area contributed by atoms with Crippen molar-refractivity contribution in [1.82, 2.24) is 5.32 Å². The average Bonchev–Trinajstić information content (AvgIpc) is 2.44. The van der Waals surface area contributed by atoms with Crippen LogP contribution >= 0.6 is 0 Å². The second-order valence-corrected chi connectivity index (χ2v) is 4.81. The van der Waals surface area contributed by atoms with Crippen molar-refractivity contribution in [2.24, 2.45) is 5.92 Å². The maximum Gasteiger partial charge on any atom is 0.342 e. The van der Waals surface area contributed by atoms with E-state index in [4.69, 9.17) is 9.47 Å². The van der Waals surface area contributed by atoms with Crippen molar-refractivity contribution in [3.63, 3.8) is 0 Å². The first-order valence-electron chi connectivity index (χ1n) is 6.61. The van der Waals surface area contributed by atoms with Crippen LogP contribution in [0.15, 0.2) is 24.3 Å². The van der Waals surface area contributed by atoms with Gasteiger partial charge in [0, 0.05) is 6.54 Å². The van der Waals surface area contributed by atoms with Gasteiger partial charge in [-0.15, -0.1) is 0 Å². The van der Waals surface area contributed by atoms with E-state index < -0.39 is 5.97 Å². The summed E-state index contributed by atoms with van der Waals surface area (Å²) < 4.78 is 10.0. The van der Waals surface area contributed by atoms with Gasteiger partial charge in [0.15, 0.2) is 6.61 Å². The molecule has 0 heterocycles. The summed E-state index contributed by atoms with van der Waals surface area (Å²) in [6.45, 7) is 4.46. The normalized spacial score (nSPS) is 10.2. The van der Waals surface area contributed by atoms with Crippen LogP contribution in [-0.4, -0.2) is 32.1 Å². The highest BCUT2D eigenvalue weighted by Gasteiger charge is 2.14. The zero-order valence-electron chi connectivity index (χ0n) is 12.1. The van der Waals surface area contributed by atoms with Gasteiger partial charge in [0.2, 0.25) is 0 Å². The number of amides is 1. The molecule has 0 unspecified atom stereocenters. The Bertz CT molecular complexity index is 457. The lowest BCUT2D eigenvalue weighted by Gasteiger charge is -2.09. The molecule has 1 N–H and O–H groups in total. The number of carbonyl (C=O) groups excluding carboxylic acids is 2. The summed E-state index contributed by atoms with van der Waals surface area (Å²) in [5.74, 6) is 0.0829. The molecule has 0 aromatic heterocycles. The Labute approximate surface area is 119 Å². The van der Waals surface area contributed by atoms with Gasteiger partial charge in [0.25, 0.3) is 5.91 Å². The minimum Gasteiger partial charge on any atom is -0.496 e. The van der Waals surface area contributed by atoms with Crippen LogP contribution in [0.1, 0.15) is 30.6 Å². The van der Waals surface area contributed by atoms with Crippen molar-refractivity contribution in [3.8, 4) is 5.75 Å². The molecule has 20 heavy (non-hydrogen) atoms. The van der Waals surface area contributed by atoms with Crippen LogP contribution in [-0.2, 0) is 9.53 Å². The zero-order valence-corrected chi connectivity index (χ0v) is 12.1. The van der Waals surface area contributed by atoms with E-state index in [2.05, 4.69) is 19.2 Å². The monoisotopic (exact) mass is 279 g/mol. The van der Waals surface area contributed by atoms with E-state index in [1.54, 1.807) is 24.3 Å². The predicted molar refractivity (Wildman–Crippen MR) is 75.7 cm³/mol. The fraction of sp³-hybridized carbons (Fsp3) is 0.467. The first kappa shape index (κ1) is 16.0. The molecular formula is C15H21NO4. The molecule has 110 valence electrons. The summed E-state index contributed by atoms with van der Waals surface area (Å²) in [4.78, 5) is 23.3. The summed E-state index contributed by atoms with van der Waals surface area (Å²) in [7, 11) is 1.48. The molecule has 0 bridgehead atoms. The number of ether oxygens (including phenoxy) is 2. The van der Waals surface area contributed by atoms with Crippen LogP contribution in [0.5, 0.6) is 5.75 Å². The van der Waals surface area contributed by atoms with Gasteiger partial charge in [0.1, 0.15) is 11.3 Å². The van der Waals surface area contributed by atoms with Crippen LogP contribution in [0, 0.1) is 5.92 Å². The van der Waals surface area contributed by atoms with E-state index in [-0.39, 0.29) is 12.5 Å². The first-order chi connectivity index (χ1) is 9.54. The number of hydrogen-bond donors (Lipinski definition) is 1. The third-order valence-electron chi connectivity index (χ3n) is 2.71. The topological polar surface area (TPSA) is 64.6 Å². The van der Waals surface area contributed by atoms with Crippen LogP contribution in [0.4, 0.5) is 0 Å². The maximum absolute atomic E-state index is 11.8. The number of rotatable bonds is 7. The minimum absolute atomic E-state index is 0.283. The Balaban J connectivity index is 2.41. The van der Waals surface area contributed by atoms with Crippen molar-refractivity contribution in [2.75, 3.05) is 20.3 Å². The molecule has 0 aliphatic heterocycles.